The Morgan fingerprint density at radius 3 is 2.28 bits per heavy atom. The standard InChI is InChI=1S/C25H37N3O3.ClH/c1-4-31-23(30)27-15-9-24(3,10-16-27)18-26-13-11-25(12-14-26)19-28(20(2)29)17-21-7-5-6-8-22(21)25;/h5-8H,4,9-19H2,1-3H3;1H. The first-order valence-corrected chi connectivity index (χ1v) is 11.8. The minimum absolute atomic E-state index is 0. The van der Waals surface area contributed by atoms with Crippen LogP contribution >= 0.6 is 12.4 Å². The highest BCUT2D eigenvalue weighted by molar-refractivity contribution is 5.85. The van der Waals surface area contributed by atoms with Crippen molar-refractivity contribution in [2.75, 3.05) is 45.9 Å². The van der Waals surface area contributed by atoms with Gasteiger partial charge in [-0.25, -0.2) is 4.79 Å². The van der Waals surface area contributed by atoms with E-state index >= 15 is 0 Å². The number of hydrogen-bond acceptors (Lipinski definition) is 4. The van der Waals surface area contributed by atoms with Crippen LogP contribution in [0, 0.1) is 5.41 Å². The summed E-state index contributed by atoms with van der Waals surface area (Å²) in [4.78, 5) is 30.7. The molecule has 7 heteroatoms. The smallest absolute Gasteiger partial charge is 0.409 e. The van der Waals surface area contributed by atoms with Gasteiger partial charge < -0.3 is 19.4 Å². The maximum atomic E-state index is 12.2. The zero-order chi connectivity index (χ0) is 22.1. The maximum absolute atomic E-state index is 12.2. The quantitative estimate of drug-likeness (QED) is 0.678. The molecule has 0 atom stereocenters. The maximum Gasteiger partial charge on any atom is 0.409 e. The van der Waals surface area contributed by atoms with Gasteiger partial charge in [0.25, 0.3) is 0 Å². The van der Waals surface area contributed by atoms with E-state index in [0.29, 0.717) is 6.61 Å². The number of likely N-dealkylation sites (tertiary alicyclic amines) is 2. The van der Waals surface area contributed by atoms with E-state index in [1.165, 1.54) is 11.1 Å². The van der Waals surface area contributed by atoms with Crippen molar-refractivity contribution in [1.29, 1.82) is 0 Å². The molecular formula is C25H38ClN3O3. The van der Waals surface area contributed by atoms with Crippen LogP contribution in [-0.2, 0) is 21.5 Å². The van der Waals surface area contributed by atoms with Gasteiger partial charge in [0, 0.05) is 45.1 Å². The van der Waals surface area contributed by atoms with Crippen molar-refractivity contribution in [2.45, 2.75) is 58.4 Å². The van der Waals surface area contributed by atoms with Crippen LogP contribution in [0.15, 0.2) is 24.3 Å². The molecule has 0 bridgehead atoms. The lowest BCUT2D eigenvalue weighted by atomic mass is 9.68. The largest absolute Gasteiger partial charge is 0.450 e. The van der Waals surface area contributed by atoms with Gasteiger partial charge in [0.2, 0.25) is 5.91 Å². The molecule has 0 unspecified atom stereocenters. The molecule has 32 heavy (non-hydrogen) atoms. The van der Waals surface area contributed by atoms with Gasteiger partial charge in [0.15, 0.2) is 0 Å². The number of carbonyl (C=O) groups excluding carboxylic acids is 2. The molecule has 0 saturated carbocycles. The van der Waals surface area contributed by atoms with Crippen molar-refractivity contribution in [3.8, 4) is 0 Å². The molecule has 1 aromatic rings. The molecule has 0 aromatic heterocycles. The van der Waals surface area contributed by atoms with Crippen molar-refractivity contribution in [1.82, 2.24) is 14.7 Å². The van der Waals surface area contributed by atoms with Crippen molar-refractivity contribution in [3.05, 3.63) is 35.4 Å². The zero-order valence-electron chi connectivity index (χ0n) is 19.8. The number of carbonyl (C=O) groups is 2. The Morgan fingerprint density at radius 1 is 1.00 bits per heavy atom. The van der Waals surface area contributed by atoms with Crippen LogP contribution in [0.25, 0.3) is 0 Å². The summed E-state index contributed by atoms with van der Waals surface area (Å²) in [7, 11) is 0. The number of rotatable bonds is 3. The van der Waals surface area contributed by atoms with Crippen LogP contribution in [0.4, 0.5) is 4.79 Å². The van der Waals surface area contributed by atoms with Crippen LogP contribution in [0.1, 0.15) is 57.6 Å². The van der Waals surface area contributed by atoms with Gasteiger partial charge in [-0.1, -0.05) is 31.2 Å². The van der Waals surface area contributed by atoms with Gasteiger partial charge in [-0.05, 0) is 62.2 Å². The molecule has 0 radical (unpaired) electrons. The summed E-state index contributed by atoms with van der Waals surface area (Å²) in [5.74, 6) is 0.178. The molecule has 1 aromatic carbocycles. The number of ether oxygens (including phenoxy) is 1. The third kappa shape index (κ3) is 5.07. The Balaban J connectivity index is 0.00000289. The van der Waals surface area contributed by atoms with Gasteiger partial charge in [0.1, 0.15) is 0 Å². The second-order valence-electron chi connectivity index (χ2n) is 10.1. The molecule has 0 aliphatic carbocycles. The predicted molar refractivity (Wildman–Crippen MR) is 128 cm³/mol. The van der Waals surface area contributed by atoms with Crippen LogP contribution < -0.4 is 0 Å². The molecule has 2 amide bonds. The molecule has 3 aliphatic rings. The van der Waals surface area contributed by atoms with E-state index < -0.39 is 0 Å². The number of hydrogen-bond donors (Lipinski definition) is 0. The summed E-state index contributed by atoms with van der Waals surface area (Å²) in [5, 5.41) is 0. The molecule has 3 aliphatic heterocycles. The summed E-state index contributed by atoms with van der Waals surface area (Å²) in [6, 6.07) is 8.72. The number of fused-ring (bicyclic) bond motifs is 2. The van der Waals surface area contributed by atoms with Gasteiger partial charge in [-0.2, -0.15) is 0 Å². The highest BCUT2D eigenvalue weighted by atomic mass is 35.5. The van der Waals surface area contributed by atoms with Crippen LogP contribution in [0.5, 0.6) is 0 Å². The molecule has 0 N–H and O–H groups in total. The topological polar surface area (TPSA) is 53.1 Å². The molecule has 6 nitrogen and oxygen atoms in total. The van der Waals surface area contributed by atoms with E-state index in [1.54, 1.807) is 6.92 Å². The van der Waals surface area contributed by atoms with E-state index in [2.05, 4.69) is 36.1 Å². The Morgan fingerprint density at radius 2 is 1.66 bits per heavy atom. The highest BCUT2D eigenvalue weighted by Crippen LogP contribution is 2.43. The van der Waals surface area contributed by atoms with Gasteiger partial charge >= 0.3 is 6.09 Å². The Kier molecular flexibility index (Phi) is 7.77. The zero-order valence-corrected chi connectivity index (χ0v) is 20.6. The molecule has 2 saturated heterocycles. The minimum atomic E-state index is -0.171. The molecule has 1 spiro atoms. The lowest BCUT2D eigenvalue weighted by Gasteiger charge is -2.50. The second-order valence-corrected chi connectivity index (χ2v) is 10.1. The SMILES string of the molecule is CCOC(=O)N1CCC(C)(CN2CCC3(CC2)CN(C(C)=O)Cc2ccccc23)CC1.Cl. The van der Waals surface area contributed by atoms with Crippen molar-refractivity contribution < 1.29 is 14.3 Å². The highest BCUT2D eigenvalue weighted by Gasteiger charge is 2.43. The third-order valence-electron chi connectivity index (χ3n) is 7.80. The lowest BCUT2D eigenvalue weighted by molar-refractivity contribution is -0.131. The van der Waals surface area contributed by atoms with E-state index in [1.807, 2.05) is 16.7 Å². The summed E-state index contributed by atoms with van der Waals surface area (Å²) < 4.78 is 5.17. The van der Waals surface area contributed by atoms with Gasteiger partial charge in [-0.3, -0.25) is 4.79 Å². The number of nitrogens with zero attached hydrogens (tertiary/aromatic N) is 3. The average Bonchev–Trinajstić information content (AvgIpc) is 2.76. The summed E-state index contributed by atoms with van der Waals surface area (Å²) in [5.41, 5.74) is 3.10. The molecular weight excluding hydrogens is 426 g/mol. The molecule has 3 heterocycles. The third-order valence-corrected chi connectivity index (χ3v) is 7.80. The fourth-order valence-electron chi connectivity index (χ4n) is 5.82. The minimum Gasteiger partial charge on any atom is -0.450 e. The number of halogens is 1. The van der Waals surface area contributed by atoms with E-state index in [-0.39, 0.29) is 35.2 Å². The normalized spacial score (nSPS) is 22.1. The predicted octanol–water partition coefficient (Wildman–Crippen LogP) is 4.06. The lowest BCUT2D eigenvalue weighted by Crippen LogP contribution is -2.54. The summed E-state index contributed by atoms with van der Waals surface area (Å²) >= 11 is 0. The fourth-order valence-corrected chi connectivity index (χ4v) is 5.82. The van der Waals surface area contributed by atoms with E-state index in [4.69, 9.17) is 4.74 Å². The average molecular weight is 464 g/mol. The van der Waals surface area contributed by atoms with Crippen molar-refractivity contribution in [2.24, 2.45) is 5.41 Å². The molecule has 4 rings (SSSR count). The number of amides is 2. The van der Waals surface area contributed by atoms with Crippen molar-refractivity contribution >= 4 is 24.4 Å². The Labute approximate surface area is 198 Å². The monoisotopic (exact) mass is 463 g/mol. The van der Waals surface area contributed by atoms with Crippen molar-refractivity contribution in [3.63, 3.8) is 0 Å². The van der Waals surface area contributed by atoms with Crippen LogP contribution in [-0.4, -0.2) is 72.6 Å². The summed E-state index contributed by atoms with van der Waals surface area (Å²) in [6.45, 7) is 12.7. The van der Waals surface area contributed by atoms with Crippen LogP contribution in [0.3, 0.4) is 0 Å². The Bertz CT molecular complexity index is 814. The first kappa shape index (κ1) is 24.8. The van der Waals surface area contributed by atoms with E-state index in [0.717, 1.165) is 71.5 Å². The first-order valence-electron chi connectivity index (χ1n) is 11.8. The second kappa shape index (κ2) is 10.0. The first-order chi connectivity index (χ1) is 14.8. The van der Waals surface area contributed by atoms with Gasteiger partial charge in [-0.15, -0.1) is 12.4 Å². The molecule has 2 fully saturated rings. The number of piperidine rings is 2. The molecule has 178 valence electrons. The number of benzene rings is 1. The van der Waals surface area contributed by atoms with Crippen LogP contribution in [0.2, 0.25) is 0 Å². The van der Waals surface area contributed by atoms with Gasteiger partial charge in [0.05, 0.1) is 6.61 Å². The summed E-state index contributed by atoms with van der Waals surface area (Å²) in [6.07, 6.45) is 4.07. The van der Waals surface area contributed by atoms with E-state index in [9.17, 15) is 9.59 Å². The Hall–Kier alpha value is -1.79. The fraction of sp³-hybridized carbons (Fsp3) is 0.680.